The number of rotatable bonds is 7. The minimum atomic E-state index is -1.59. The Hall–Kier alpha value is -2.52. The van der Waals surface area contributed by atoms with Crippen LogP contribution in [0, 0.1) is 0 Å². The van der Waals surface area contributed by atoms with E-state index in [2.05, 4.69) is 50.7 Å². The Labute approximate surface area is 174 Å². The molecule has 1 amide bonds. The van der Waals surface area contributed by atoms with E-state index in [1.807, 2.05) is 12.1 Å². The number of carboxylic acids is 1. The van der Waals surface area contributed by atoms with E-state index in [9.17, 15) is 14.4 Å². The quantitative estimate of drug-likeness (QED) is 0.401. The van der Waals surface area contributed by atoms with Gasteiger partial charge in [0.1, 0.15) is 6.42 Å². The molecule has 0 atom stereocenters. The highest BCUT2D eigenvalue weighted by atomic mass is 28.3. The van der Waals surface area contributed by atoms with Gasteiger partial charge in [-0.3, -0.25) is 14.4 Å². The number of nitrogens with one attached hydrogen (secondary N) is 1. The third-order valence-electron chi connectivity index (χ3n) is 4.70. The molecule has 0 fully saturated rings. The number of carboxylic acid groups (broad SMARTS) is 1. The molecular weight excluding hydrogens is 398 g/mol. The molecule has 2 rings (SSSR count). The fourth-order valence-electron chi connectivity index (χ4n) is 2.81. The van der Waals surface area contributed by atoms with Crippen LogP contribution in [0.4, 0.5) is 5.69 Å². The van der Waals surface area contributed by atoms with Gasteiger partial charge in [0.25, 0.3) is 5.91 Å². The van der Waals surface area contributed by atoms with Crippen molar-refractivity contribution in [1.29, 1.82) is 0 Å². The summed E-state index contributed by atoms with van der Waals surface area (Å²) in [5.41, 5.74) is 1.52. The summed E-state index contributed by atoms with van der Waals surface area (Å²) in [7, 11) is -3.18. The fraction of sp³-hybridized carbons (Fsp3) is 0.318. The van der Waals surface area contributed by atoms with Crippen molar-refractivity contribution in [1.82, 2.24) is 0 Å². The van der Waals surface area contributed by atoms with E-state index < -0.39 is 34.3 Å². The Kier molecular flexibility index (Phi) is 6.65. The molecule has 0 saturated carbocycles. The van der Waals surface area contributed by atoms with Gasteiger partial charge in [0, 0.05) is 16.8 Å². The molecule has 0 saturated heterocycles. The van der Waals surface area contributed by atoms with Crippen molar-refractivity contribution >= 4 is 49.9 Å². The van der Waals surface area contributed by atoms with Crippen LogP contribution in [-0.2, 0) is 4.79 Å². The summed E-state index contributed by atoms with van der Waals surface area (Å²) in [5, 5.41) is 14.1. The van der Waals surface area contributed by atoms with Gasteiger partial charge in [0.2, 0.25) is 0 Å². The van der Waals surface area contributed by atoms with Gasteiger partial charge in [0.15, 0.2) is 5.78 Å². The summed E-state index contributed by atoms with van der Waals surface area (Å²) in [4.78, 5) is 35.4. The van der Waals surface area contributed by atoms with Crippen molar-refractivity contribution in [3.8, 4) is 0 Å². The van der Waals surface area contributed by atoms with Gasteiger partial charge in [-0.2, -0.15) is 0 Å². The van der Waals surface area contributed by atoms with Crippen molar-refractivity contribution in [2.24, 2.45) is 0 Å². The number of benzene rings is 2. The van der Waals surface area contributed by atoms with Crippen LogP contribution in [0.3, 0.4) is 0 Å². The van der Waals surface area contributed by atoms with Crippen LogP contribution in [0.5, 0.6) is 0 Å². The lowest BCUT2D eigenvalue weighted by Gasteiger charge is -2.24. The van der Waals surface area contributed by atoms with Gasteiger partial charge >= 0.3 is 5.97 Å². The smallest absolute Gasteiger partial charge is 0.311 e. The van der Waals surface area contributed by atoms with Crippen LogP contribution in [0.2, 0.25) is 39.3 Å². The molecule has 2 aromatic rings. The van der Waals surface area contributed by atoms with Gasteiger partial charge in [-0.25, -0.2) is 0 Å². The monoisotopic (exact) mass is 427 g/mol. The summed E-state index contributed by atoms with van der Waals surface area (Å²) in [6, 6.07) is 12.6. The lowest BCUT2D eigenvalue weighted by molar-refractivity contribution is -0.135. The molecule has 0 aliphatic rings. The Balaban J connectivity index is 2.28. The maximum absolute atomic E-state index is 12.9. The number of ketones is 1. The molecule has 0 radical (unpaired) electrons. The zero-order valence-electron chi connectivity index (χ0n) is 17.9. The molecule has 0 aliphatic carbocycles. The topological polar surface area (TPSA) is 83.5 Å². The van der Waals surface area contributed by atoms with Gasteiger partial charge < -0.3 is 10.4 Å². The molecule has 0 aromatic heterocycles. The van der Waals surface area contributed by atoms with E-state index in [1.165, 1.54) is 22.5 Å². The second-order valence-corrected chi connectivity index (χ2v) is 19.5. The molecule has 0 unspecified atom stereocenters. The number of hydrogen-bond donors (Lipinski definition) is 2. The standard InChI is InChI=1S/C22H29NO4Si2/c1-28(2,3)18-11-16(12-19(13-18)29(4,5)6)22(27)23-17-9-7-15(8-10-17)20(24)14-21(25)26/h7-13H,14H2,1-6H3,(H,23,27)(H,25,26). The number of carbonyl (C=O) groups is 3. The summed E-state index contributed by atoms with van der Waals surface area (Å²) >= 11 is 0. The predicted octanol–water partition coefficient (Wildman–Crippen LogP) is 3.69. The first-order valence-electron chi connectivity index (χ1n) is 9.60. The highest BCUT2D eigenvalue weighted by Gasteiger charge is 2.24. The summed E-state index contributed by atoms with van der Waals surface area (Å²) in [6.07, 6.45) is -0.547. The number of anilines is 1. The first-order chi connectivity index (χ1) is 13.3. The van der Waals surface area contributed by atoms with Crippen molar-refractivity contribution < 1.29 is 19.5 Å². The molecule has 7 heteroatoms. The average Bonchev–Trinajstić information content (AvgIpc) is 2.59. The highest BCUT2D eigenvalue weighted by Crippen LogP contribution is 2.14. The van der Waals surface area contributed by atoms with Crippen molar-refractivity contribution in [2.75, 3.05) is 5.32 Å². The first-order valence-corrected chi connectivity index (χ1v) is 16.6. The van der Waals surface area contributed by atoms with Crippen LogP contribution >= 0.6 is 0 Å². The average molecular weight is 428 g/mol. The van der Waals surface area contributed by atoms with E-state index in [-0.39, 0.29) is 5.91 Å². The van der Waals surface area contributed by atoms with Crippen LogP contribution in [0.1, 0.15) is 27.1 Å². The lowest BCUT2D eigenvalue weighted by atomic mass is 10.1. The Morgan fingerprint density at radius 1 is 0.793 bits per heavy atom. The first kappa shape index (κ1) is 22.8. The summed E-state index contributed by atoms with van der Waals surface area (Å²) in [6.45, 7) is 13.6. The van der Waals surface area contributed by atoms with Crippen molar-refractivity contribution in [3.05, 3.63) is 53.6 Å². The highest BCUT2D eigenvalue weighted by molar-refractivity contribution is 6.91. The number of hydrogen-bond acceptors (Lipinski definition) is 3. The largest absolute Gasteiger partial charge is 0.481 e. The van der Waals surface area contributed by atoms with Crippen molar-refractivity contribution in [3.63, 3.8) is 0 Å². The molecule has 0 aliphatic heterocycles. The lowest BCUT2D eigenvalue weighted by Crippen LogP contribution is -2.46. The molecule has 5 nitrogen and oxygen atoms in total. The number of amides is 1. The second-order valence-electron chi connectivity index (χ2n) is 9.32. The molecule has 2 aromatic carbocycles. The third-order valence-corrected chi connectivity index (χ3v) is 8.75. The molecule has 0 bridgehead atoms. The van der Waals surface area contributed by atoms with Crippen LogP contribution in [0.25, 0.3) is 0 Å². The maximum atomic E-state index is 12.9. The Morgan fingerprint density at radius 2 is 1.28 bits per heavy atom. The Bertz CT molecular complexity index is 907. The van der Waals surface area contributed by atoms with Crippen LogP contribution in [-0.4, -0.2) is 38.9 Å². The predicted molar refractivity (Wildman–Crippen MR) is 123 cm³/mol. The van der Waals surface area contributed by atoms with Gasteiger partial charge in [-0.15, -0.1) is 0 Å². The minimum absolute atomic E-state index is 0.186. The van der Waals surface area contributed by atoms with E-state index >= 15 is 0 Å². The normalized spacial score (nSPS) is 11.8. The van der Waals surface area contributed by atoms with Crippen LogP contribution < -0.4 is 15.7 Å². The molecule has 0 heterocycles. The van der Waals surface area contributed by atoms with E-state index in [4.69, 9.17) is 5.11 Å². The summed E-state index contributed by atoms with van der Waals surface area (Å²) < 4.78 is 0. The van der Waals surface area contributed by atoms with Gasteiger partial charge in [-0.05, 0) is 24.3 Å². The SMILES string of the molecule is C[Si](C)(C)c1cc(C(=O)Nc2ccc(C(=O)CC(=O)O)cc2)cc([Si](C)(C)C)c1. The van der Waals surface area contributed by atoms with Crippen LogP contribution in [0.15, 0.2) is 42.5 Å². The number of Topliss-reactive ketones (excluding diaryl/α,β-unsaturated/α-hetero) is 1. The van der Waals surface area contributed by atoms with Gasteiger partial charge in [-0.1, -0.05) is 67.9 Å². The van der Waals surface area contributed by atoms with E-state index in [0.29, 0.717) is 16.8 Å². The molecule has 154 valence electrons. The second kappa shape index (κ2) is 8.46. The maximum Gasteiger partial charge on any atom is 0.311 e. The molecule has 2 N–H and O–H groups in total. The zero-order chi connectivity index (χ0) is 22.0. The summed E-state index contributed by atoms with van der Waals surface area (Å²) in [5.74, 6) is -1.81. The number of aliphatic carboxylic acids is 1. The van der Waals surface area contributed by atoms with E-state index in [1.54, 1.807) is 12.1 Å². The minimum Gasteiger partial charge on any atom is -0.481 e. The molecular formula is C22H29NO4Si2. The third kappa shape index (κ3) is 6.23. The van der Waals surface area contributed by atoms with E-state index in [0.717, 1.165) is 0 Å². The zero-order valence-corrected chi connectivity index (χ0v) is 19.9. The fourth-order valence-corrected chi connectivity index (χ4v) is 5.31. The Morgan fingerprint density at radius 3 is 1.69 bits per heavy atom. The number of carbonyl (C=O) groups excluding carboxylic acids is 2. The van der Waals surface area contributed by atoms with Gasteiger partial charge in [0.05, 0.1) is 16.1 Å². The molecule has 29 heavy (non-hydrogen) atoms. The molecule has 0 spiro atoms. The van der Waals surface area contributed by atoms with Crippen molar-refractivity contribution in [2.45, 2.75) is 45.7 Å².